The minimum atomic E-state index is -0.957. The van der Waals surface area contributed by atoms with Crippen LogP contribution in [-0.4, -0.2) is 21.3 Å². The van der Waals surface area contributed by atoms with E-state index in [-0.39, 0.29) is 5.56 Å². The van der Waals surface area contributed by atoms with Gasteiger partial charge in [0, 0.05) is 17.8 Å². The van der Waals surface area contributed by atoms with E-state index in [0.717, 1.165) is 5.56 Å². The lowest BCUT2D eigenvalue weighted by molar-refractivity contribution is 0.0695. The Balaban J connectivity index is 2.30. The summed E-state index contributed by atoms with van der Waals surface area (Å²) in [7, 11) is 0. The number of anilines is 1. The molecule has 0 spiro atoms. The van der Waals surface area contributed by atoms with E-state index in [4.69, 9.17) is 10.8 Å². The quantitative estimate of drug-likeness (QED) is 0.699. The van der Waals surface area contributed by atoms with Gasteiger partial charge in [-0.25, -0.2) is 4.79 Å². The Morgan fingerprint density at radius 2 is 2.06 bits per heavy atom. The predicted molar refractivity (Wildman–Crippen MR) is 63.9 cm³/mol. The maximum Gasteiger partial charge on any atom is 0.339 e. The smallest absolute Gasteiger partial charge is 0.339 e. The molecule has 0 aliphatic heterocycles. The van der Waals surface area contributed by atoms with Gasteiger partial charge >= 0.3 is 5.97 Å². The van der Waals surface area contributed by atoms with Crippen molar-refractivity contribution in [3.63, 3.8) is 0 Å². The van der Waals surface area contributed by atoms with Crippen molar-refractivity contribution in [2.24, 2.45) is 0 Å². The number of hydrogen-bond acceptors (Lipinski definition) is 3. The molecule has 4 N–H and O–H groups in total. The summed E-state index contributed by atoms with van der Waals surface area (Å²) in [5.41, 5.74) is 8.62. The van der Waals surface area contributed by atoms with Gasteiger partial charge in [-0.1, -0.05) is 12.1 Å². The molecule has 1 aromatic carbocycles. The third-order valence-electron chi connectivity index (χ3n) is 2.59. The molecule has 0 fully saturated rings. The summed E-state index contributed by atoms with van der Waals surface area (Å²) in [6, 6.07) is 7.31. The van der Waals surface area contributed by atoms with Gasteiger partial charge in [-0.15, -0.1) is 0 Å². The van der Waals surface area contributed by atoms with Crippen molar-refractivity contribution in [1.82, 2.24) is 10.2 Å². The highest BCUT2D eigenvalue weighted by molar-refractivity contribution is 5.90. The molecule has 0 radical (unpaired) electrons. The molecule has 0 saturated heterocycles. The normalized spacial score (nSPS) is 10.4. The van der Waals surface area contributed by atoms with Crippen molar-refractivity contribution in [1.29, 1.82) is 0 Å². The minimum Gasteiger partial charge on any atom is -0.478 e. The molecule has 1 heterocycles. The fraction of sp³-hybridized carbons (Fsp3) is 0.167. The molecule has 88 valence electrons. The fourth-order valence-corrected chi connectivity index (χ4v) is 1.72. The van der Waals surface area contributed by atoms with Gasteiger partial charge in [0.05, 0.1) is 5.69 Å². The number of carboxylic acid groups (broad SMARTS) is 1. The summed E-state index contributed by atoms with van der Waals surface area (Å²) in [5.74, 6) is -0.957. The van der Waals surface area contributed by atoms with Crippen LogP contribution in [0.5, 0.6) is 0 Å². The van der Waals surface area contributed by atoms with Crippen molar-refractivity contribution < 1.29 is 9.90 Å². The summed E-state index contributed by atoms with van der Waals surface area (Å²) in [6.07, 6.45) is 0.478. The second kappa shape index (κ2) is 4.29. The average Bonchev–Trinajstić information content (AvgIpc) is 2.63. The zero-order valence-electron chi connectivity index (χ0n) is 9.40. The number of nitrogen functional groups attached to an aromatic ring is 1. The number of nitrogens with zero attached hydrogens (tertiary/aromatic N) is 1. The number of aromatic nitrogens is 2. The molecule has 0 saturated carbocycles. The zero-order chi connectivity index (χ0) is 12.4. The highest BCUT2D eigenvalue weighted by atomic mass is 16.4. The summed E-state index contributed by atoms with van der Waals surface area (Å²) >= 11 is 0. The zero-order valence-corrected chi connectivity index (χ0v) is 9.40. The van der Waals surface area contributed by atoms with Crippen LogP contribution in [0.25, 0.3) is 0 Å². The van der Waals surface area contributed by atoms with Crippen molar-refractivity contribution in [3.05, 3.63) is 46.8 Å². The summed E-state index contributed by atoms with van der Waals surface area (Å²) < 4.78 is 0. The van der Waals surface area contributed by atoms with E-state index in [1.165, 1.54) is 0 Å². The van der Waals surface area contributed by atoms with Gasteiger partial charge in [-0.05, 0) is 24.6 Å². The van der Waals surface area contributed by atoms with Crippen LogP contribution in [0.15, 0.2) is 24.3 Å². The van der Waals surface area contributed by atoms with Crippen molar-refractivity contribution in [2.45, 2.75) is 13.3 Å². The van der Waals surface area contributed by atoms with Gasteiger partial charge in [0.2, 0.25) is 0 Å². The monoisotopic (exact) mass is 231 g/mol. The summed E-state index contributed by atoms with van der Waals surface area (Å²) in [6.45, 7) is 1.70. The van der Waals surface area contributed by atoms with Gasteiger partial charge < -0.3 is 10.8 Å². The minimum absolute atomic E-state index is 0.252. The summed E-state index contributed by atoms with van der Waals surface area (Å²) in [4.78, 5) is 11.1. The van der Waals surface area contributed by atoms with Crippen molar-refractivity contribution in [3.8, 4) is 0 Å². The van der Waals surface area contributed by atoms with Gasteiger partial charge in [0.1, 0.15) is 5.56 Å². The van der Waals surface area contributed by atoms with Crippen molar-refractivity contribution >= 4 is 11.7 Å². The van der Waals surface area contributed by atoms with E-state index in [2.05, 4.69) is 10.2 Å². The maximum absolute atomic E-state index is 11.1. The van der Waals surface area contributed by atoms with E-state index < -0.39 is 5.97 Å². The Kier molecular flexibility index (Phi) is 2.82. The Morgan fingerprint density at radius 1 is 1.41 bits per heavy atom. The molecule has 5 nitrogen and oxygen atoms in total. The Bertz CT molecular complexity index is 543. The van der Waals surface area contributed by atoms with Crippen LogP contribution in [0.3, 0.4) is 0 Å². The molecule has 0 unspecified atom stereocenters. The van der Waals surface area contributed by atoms with Gasteiger partial charge in [-0.3, -0.25) is 5.10 Å². The van der Waals surface area contributed by atoms with Crippen LogP contribution in [0, 0.1) is 6.92 Å². The molecule has 2 rings (SSSR count). The Morgan fingerprint density at radius 3 is 2.65 bits per heavy atom. The Labute approximate surface area is 98.3 Å². The number of carbonyl (C=O) groups is 1. The molecule has 0 bridgehead atoms. The first kappa shape index (κ1) is 11.2. The number of benzene rings is 1. The standard InChI is InChI=1S/C12H13N3O2/c1-7-11(12(16)17)10(15-14-7)6-8-2-4-9(13)5-3-8/h2-5H,6,13H2,1H3,(H,14,15)(H,16,17). The third-order valence-corrected chi connectivity index (χ3v) is 2.59. The van der Waals surface area contributed by atoms with E-state index in [1.807, 2.05) is 12.1 Å². The van der Waals surface area contributed by atoms with E-state index >= 15 is 0 Å². The van der Waals surface area contributed by atoms with Crippen molar-refractivity contribution in [2.75, 3.05) is 5.73 Å². The highest BCUT2D eigenvalue weighted by Crippen LogP contribution is 2.16. The lowest BCUT2D eigenvalue weighted by Crippen LogP contribution is -2.02. The molecular weight excluding hydrogens is 218 g/mol. The second-order valence-corrected chi connectivity index (χ2v) is 3.89. The van der Waals surface area contributed by atoms with Crippen LogP contribution in [0.1, 0.15) is 27.3 Å². The summed E-state index contributed by atoms with van der Waals surface area (Å²) in [5, 5.41) is 15.8. The molecule has 0 aliphatic rings. The Hall–Kier alpha value is -2.30. The van der Waals surface area contributed by atoms with Crippen LogP contribution in [0.2, 0.25) is 0 Å². The molecule has 0 atom stereocenters. The van der Waals surface area contributed by atoms with E-state index in [9.17, 15) is 4.79 Å². The van der Waals surface area contributed by atoms with Crippen LogP contribution < -0.4 is 5.73 Å². The number of aromatic amines is 1. The molecule has 1 aromatic heterocycles. The molecule has 0 aliphatic carbocycles. The lowest BCUT2D eigenvalue weighted by Gasteiger charge is -2.01. The number of aromatic carboxylic acids is 1. The predicted octanol–water partition coefficient (Wildman–Crippen LogP) is 1.59. The molecular formula is C12H13N3O2. The third kappa shape index (κ3) is 2.28. The first-order valence-electron chi connectivity index (χ1n) is 5.19. The average molecular weight is 231 g/mol. The SMILES string of the molecule is Cc1[nH]nc(Cc2ccc(N)cc2)c1C(=O)O. The first-order chi connectivity index (χ1) is 8.08. The van der Waals surface area contributed by atoms with Crippen LogP contribution in [-0.2, 0) is 6.42 Å². The first-order valence-corrected chi connectivity index (χ1v) is 5.19. The second-order valence-electron chi connectivity index (χ2n) is 3.89. The van der Waals surface area contributed by atoms with Crippen LogP contribution >= 0.6 is 0 Å². The number of nitrogens with two attached hydrogens (primary N) is 1. The fourth-order valence-electron chi connectivity index (χ4n) is 1.72. The van der Waals surface area contributed by atoms with Crippen LogP contribution in [0.4, 0.5) is 5.69 Å². The van der Waals surface area contributed by atoms with E-state index in [1.54, 1.807) is 19.1 Å². The highest BCUT2D eigenvalue weighted by Gasteiger charge is 2.16. The van der Waals surface area contributed by atoms with E-state index in [0.29, 0.717) is 23.5 Å². The number of aryl methyl sites for hydroxylation is 1. The number of hydrogen-bond donors (Lipinski definition) is 3. The number of H-pyrrole nitrogens is 1. The number of carboxylic acids is 1. The molecule has 17 heavy (non-hydrogen) atoms. The largest absolute Gasteiger partial charge is 0.478 e. The number of rotatable bonds is 3. The maximum atomic E-state index is 11.1. The van der Waals surface area contributed by atoms with Gasteiger partial charge in [-0.2, -0.15) is 5.10 Å². The van der Waals surface area contributed by atoms with Gasteiger partial charge in [0.25, 0.3) is 0 Å². The van der Waals surface area contributed by atoms with Gasteiger partial charge in [0.15, 0.2) is 0 Å². The molecule has 0 amide bonds. The topological polar surface area (TPSA) is 92.0 Å². The molecule has 2 aromatic rings. The lowest BCUT2D eigenvalue weighted by atomic mass is 10.1. The molecule has 5 heteroatoms. The number of nitrogens with one attached hydrogen (secondary N) is 1.